The van der Waals surface area contributed by atoms with Crippen molar-refractivity contribution >= 4 is 28.8 Å². The van der Waals surface area contributed by atoms with Gasteiger partial charge in [-0.25, -0.2) is 4.79 Å². The fourth-order valence-electron chi connectivity index (χ4n) is 3.18. The molecule has 1 saturated heterocycles. The van der Waals surface area contributed by atoms with Gasteiger partial charge in [-0.05, 0) is 43.8 Å². The van der Waals surface area contributed by atoms with Crippen molar-refractivity contribution in [3.05, 3.63) is 20.8 Å². The van der Waals surface area contributed by atoms with E-state index in [9.17, 15) is 9.59 Å². The zero-order valence-corrected chi connectivity index (χ0v) is 17.9. The van der Waals surface area contributed by atoms with Gasteiger partial charge in [0.05, 0.1) is 6.10 Å². The van der Waals surface area contributed by atoms with Crippen LogP contribution in [0.15, 0.2) is 9.59 Å². The molecular weight excluding hydrogens is 378 g/mol. The lowest BCUT2D eigenvalue weighted by Gasteiger charge is -2.28. The van der Waals surface area contributed by atoms with Crippen LogP contribution in [0, 0.1) is 5.92 Å². The van der Waals surface area contributed by atoms with E-state index in [1.54, 1.807) is 4.90 Å². The number of nitrogen functional groups attached to an aromatic ring is 1. The first-order chi connectivity index (χ1) is 13.3. The van der Waals surface area contributed by atoms with Gasteiger partial charge in [-0.1, -0.05) is 27.2 Å². The van der Waals surface area contributed by atoms with Gasteiger partial charge in [-0.2, -0.15) is 0 Å². The third kappa shape index (κ3) is 5.81. The van der Waals surface area contributed by atoms with E-state index in [4.69, 9.17) is 22.7 Å². The number of nitrogens with two attached hydrogens (primary N) is 1. The van der Waals surface area contributed by atoms with E-state index in [1.807, 2.05) is 6.92 Å². The summed E-state index contributed by atoms with van der Waals surface area (Å²) < 4.78 is 7.06. The van der Waals surface area contributed by atoms with E-state index >= 15 is 0 Å². The molecule has 1 aliphatic heterocycles. The molecule has 158 valence electrons. The van der Waals surface area contributed by atoms with Crippen LogP contribution in [0.3, 0.4) is 0 Å². The molecule has 1 aromatic heterocycles. The second-order valence-corrected chi connectivity index (χ2v) is 8.04. The Morgan fingerprint density at radius 2 is 2.21 bits per heavy atom. The maximum Gasteiger partial charge on any atom is 0.330 e. The molecule has 0 spiro atoms. The van der Waals surface area contributed by atoms with Crippen molar-refractivity contribution in [2.75, 3.05) is 30.3 Å². The molecule has 0 radical (unpaired) electrons. The van der Waals surface area contributed by atoms with Crippen molar-refractivity contribution in [2.45, 2.75) is 65.5 Å². The molecule has 9 heteroatoms. The summed E-state index contributed by atoms with van der Waals surface area (Å²) in [5, 5.41) is 3.64. The molecule has 0 bridgehead atoms. The second-order valence-electron chi connectivity index (χ2n) is 7.65. The van der Waals surface area contributed by atoms with Gasteiger partial charge in [-0.15, -0.1) is 0 Å². The molecule has 2 rings (SSSR count). The summed E-state index contributed by atoms with van der Waals surface area (Å²) >= 11 is 5.59. The fourth-order valence-corrected chi connectivity index (χ4v) is 3.45. The van der Waals surface area contributed by atoms with Crippen LogP contribution in [0.4, 0.5) is 11.5 Å². The van der Waals surface area contributed by atoms with Crippen molar-refractivity contribution in [3.63, 3.8) is 0 Å². The zero-order valence-electron chi connectivity index (χ0n) is 17.1. The first kappa shape index (κ1) is 22.4. The maximum absolute atomic E-state index is 12.6. The Morgan fingerprint density at radius 3 is 2.82 bits per heavy atom. The van der Waals surface area contributed by atoms with Gasteiger partial charge >= 0.3 is 5.69 Å². The molecular formula is C19H33N5O3S. The quantitative estimate of drug-likeness (QED) is 0.532. The van der Waals surface area contributed by atoms with Crippen LogP contribution in [-0.4, -0.2) is 40.5 Å². The summed E-state index contributed by atoms with van der Waals surface area (Å²) in [4.78, 5) is 29.0. The molecule has 1 aromatic rings. The van der Waals surface area contributed by atoms with Gasteiger partial charge in [0.25, 0.3) is 5.56 Å². The lowest BCUT2D eigenvalue weighted by Crippen LogP contribution is -2.47. The average molecular weight is 412 g/mol. The van der Waals surface area contributed by atoms with E-state index < -0.39 is 11.2 Å². The smallest absolute Gasteiger partial charge is 0.330 e. The van der Waals surface area contributed by atoms with Gasteiger partial charge in [0.1, 0.15) is 5.82 Å². The van der Waals surface area contributed by atoms with Crippen LogP contribution in [0.5, 0.6) is 0 Å². The Bertz CT molecular complexity index is 768. The van der Waals surface area contributed by atoms with E-state index in [-0.39, 0.29) is 17.6 Å². The van der Waals surface area contributed by atoms with Gasteiger partial charge in [-0.3, -0.25) is 14.3 Å². The highest BCUT2D eigenvalue weighted by atomic mass is 32.1. The normalized spacial score (nSPS) is 16.5. The number of unbranched alkanes of at least 4 members (excludes halogenated alkanes) is 1. The van der Waals surface area contributed by atoms with E-state index in [2.05, 4.69) is 24.1 Å². The fraction of sp³-hybridized carbons (Fsp3) is 0.737. The number of H-pyrrole nitrogens is 1. The zero-order chi connectivity index (χ0) is 20.7. The average Bonchev–Trinajstić information content (AvgIpc) is 3.15. The number of nitrogens with one attached hydrogen (secondary N) is 2. The van der Waals surface area contributed by atoms with Gasteiger partial charge in [0.15, 0.2) is 10.8 Å². The Balaban J connectivity index is 2.31. The minimum atomic E-state index is -0.514. The van der Waals surface area contributed by atoms with E-state index in [0.29, 0.717) is 30.7 Å². The van der Waals surface area contributed by atoms with Crippen LogP contribution >= 0.6 is 12.2 Å². The highest BCUT2D eigenvalue weighted by Gasteiger charge is 2.23. The van der Waals surface area contributed by atoms with Crippen molar-refractivity contribution in [1.29, 1.82) is 0 Å². The summed E-state index contributed by atoms with van der Waals surface area (Å²) in [7, 11) is 0. The Hall–Kier alpha value is -1.87. The van der Waals surface area contributed by atoms with Crippen LogP contribution in [0.25, 0.3) is 0 Å². The SMILES string of the molecule is CCCCn1c(N)c(N(CCC(C)C)C(=S)NC[C@@H]2CCCO2)c(=O)[nH]c1=O. The molecule has 0 aromatic carbocycles. The van der Waals surface area contributed by atoms with Crippen LogP contribution in [0.1, 0.15) is 52.9 Å². The highest BCUT2D eigenvalue weighted by Crippen LogP contribution is 2.19. The summed E-state index contributed by atoms with van der Waals surface area (Å²) in [5.74, 6) is 0.585. The third-order valence-corrected chi connectivity index (χ3v) is 5.26. The standard InChI is InChI=1S/C19H33N5O3S/c1-4-5-9-24-16(20)15(17(25)22-18(24)26)23(10-8-13(2)3)19(28)21-12-14-7-6-11-27-14/h13-14H,4-12,20H2,1-3H3,(H,21,28)(H,22,25,26)/t14-/m0/s1. The highest BCUT2D eigenvalue weighted by molar-refractivity contribution is 7.80. The molecule has 1 atom stereocenters. The number of hydrogen-bond donors (Lipinski definition) is 3. The van der Waals surface area contributed by atoms with Crippen LogP contribution < -0.4 is 27.2 Å². The molecule has 0 saturated carbocycles. The molecule has 0 unspecified atom stereocenters. The molecule has 28 heavy (non-hydrogen) atoms. The lowest BCUT2D eigenvalue weighted by molar-refractivity contribution is 0.114. The molecule has 4 N–H and O–H groups in total. The van der Waals surface area contributed by atoms with Gasteiger partial charge in [0, 0.05) is 26.2 Å². The molecule has 0 aliphatic carbocycles. The number of aromatic amines is 1. The molecule has 1 aliphatic rings. The number of ether oxygens (including phenoxy) is 1. The van der Waals surface area contributed by atoms with Crippen LogP contribution in [-0.2, 0) is 11.3 Å². The summed E-state index contributed by atoms with van der Waals surface area (Å²) in [5.41, 5.74) is 5.52. The van der Waals surface area contributed by atoms with E-state index in [1.165, 1.54) is 4.57 Å². The molecule has 1 fully saturated rings. The Kier molecular flexibility index (Phi) is 8.50. The largest absolute Gasteiger partial charge is 0.383 e. The monoisotopic (exact) mass is 411 g/mol. The first-order valence-electron chi connectivity index (χ1n) is 10.1. The maximum atomic E-state index is 12.6. The summed E-state index contributed by atoms with van der Waals surface area (Å²) in [6, 6.07) is 0. The number of nitrogens with zero attached hydrogens (tertiary/aromatic N) is 2. The molecule has 2 heterocycles. The third-order valence-electron chi connectivity index (χ3n) is 4.90. The lowest BCUT2D eigenvalue weighted by atomic mass is 10.1. The minimum absolute atomic E-state index is 0.124. The Labute approximate surface area is 171 Å². The number of thiocarbonyl (C=S) groups is 1. The summed E-state index contributed by atoms with van der Waals surface area (Å²) in [6.07, 6.45) is 4.70. The van der Waals surface area contributed by atoms with Crippen LogP contribution in [0.2, 0.25) is 0 Å². The van der Waals surface area contributed by atoms with Gasteiger partial charge < -0.3 is 20.7 Å². The molecule has 0 amide bonds. The first-order valence-corrected chi connectivity index (χ1v) is 10.6. The minimum Gasteiger partial charge on any atom is -0.383 e. The number of anilines is 2. The van der Waals surface area contributed by atoms with E-state index in [0.717, 1.165) is 38.7 Å². The number of rotatable bonds is 9. The second kappa shape index (κ2) is 10.6. The number of aromatic nitrogens is 2. The Morgan fingerprint density at radius 1 is 1.46 bits per heavy atom. The van der Waals surface area contributed by atoms with Crippen molar-refractivity contribution in [1.82, 2.24) is 14.9 Å². The number of hydrogen-bond acceptors (Lipinski definition) is 5. The van der Waals surface area contributed by atoms with Crippen molar-refractivity contribution in [3.8, 4) is 0 Å². The predicted octanol–water partition coefficient (Wildman–Crippen LogP) is 1.82. The predicted molar refractivity (Wildman–Crippen MR) is 117 cm³/mol. The summed E-state index contributed by atoms with van der Waals surface area (Å²) in [6.45, 7) is 8.60. The van der Waals surface area contributed by atoms with Crippen molar-refractivity contribution < 1.29 is 4.74 Å². The van der Waals surface area contributed by atoms with Gasteiger partial charge in [0.2, 0.25) is 0 Å². The molecule has 8 nitrogen and oxygen atoms in total. The van der Waals surface area contributed by atoms with Crippen molar-refractivity contribution in [2.24, 2.45) is 5.92 Å². The topological polar surface area (TPSA) is 105 Å².